The van der Waals surface area contributed by atoms with Crippen molar-refractivity contribution in [3.63, 3.8) is 0 Å². The summed E-state index contributed by atoms with van der Waals surface area (Å²) in [6.45, 7) is 0.995. The number of aliphatic hydroxyl groups excluding tert-OH is 1. The number of hydrogen-bond acceptors (Lipinski definition) is 4. The van der Waals surface area contributed by atoms with Gasteiger partial charge < -0.3 is 15.6 Å². The molecule has 4 nitrogen and oxygen atoms in total. The standard InChI is InChI=1S/C16H20N2O2/c17-11-9-15(19)14-7-4-8-16(18-14)20-12-10-13-5-2-1-3-6-13/h1-8,15,19H,9-12,17H2. The normalized spacial score (nSPS) is 12.1. The zero-order chi connectivity index (χ0) is 14.2. The average molecular weight is 272 g/mol. The van der Waals surface area contributed by atoms with E-state index in [9.17, 15) is 5.11 Å². The Kier molecular flexibility index (Phi) is 5.53. The van der Waals surface area contributed by atoms with Gasteiger partial charge in [-0.3, -0.25) is 0 Å². The quantitative estimate of drug-likeness (QED) is 0.809. The molecular formula is C16H20N2O2. The molecule has 2 aromatic rings. The Balaban J connectivity index is 1.88. The van der Waals surface area contributed by atoms with Gasteiger partial charge in [0, 0.05) is 12.5 Å². The van der Waals surface area contributed by atoms with Gasteiger partial charge in [0.05, 0.1) is 18.4 Å². The van der Waals surface area contributed by atoms with Crippen molar-refractivity contribution in [3.8, 4) is 5.88 Å². The molecule has 20 heavy (non-hydrogen) atoms. The van der Waals surface area contributed by atoms with E-state index in [0.29, 0.717) is 31.1 Å². The van der Waals surface area contributed by atoms with Gasteiger partial charge in [0.2, 0.25) is 5.88 Å². The van der Waals surface area contributed by atoms with Gasteiger partial charge >= 0.3 is 0 Å². The molecular weight excluding hydrogens is 252 g/mol. The lowest BCUT2D eigenvalue weighted by Gasteiger charge is -2.11. The molecule has 106 valence electrons. The minimum Gasteiger partial charge on any atom is -0.477 e. The second-order valence-corrected chi connectivity index (χ2v) is 4.58. The van der Waals surface area contributed by atoms with Crippen LogP contribution in [-0.2, 0) is 6.42 Å². The Labute approximate surface area is 119 Å². The van der Waals surface area contributed by atoms with Crippen LogP contribution in [0.15, 0.2) is 48.5 Å². The van der Waals surface area contributed by atoms with E-state index in [0.717, 1.165) is 6.42 Å². The summed E-state index contributed by atoms with van der Waals surface area (Å²) in [4.78, 5) is 4.29. The second kappa shape index (κ2) is 7.62. The van der Waals surface area contributed by atoms with Gasteiger partial charge in [-0.15, -0.1) is 0 Å². The minimum atomic E-state index is -0.627. The van der Waals surface area contributed by atoms with Gasteiger partial charge in [-0.25, -0.2) is 4.98 Å². The van der Waals surface area contributed by atoms with Crippen LogP contribution in [0.1, 0.15) is 23.8 Å². The molecule has 4 heteroatoms. The molecule has 0 aliphatic heterocycles. The molecule has 0 spiro atoms. The van der Waals surface area contributed by atoms with Crippen LogP contribution in [0.2, 0.25) is 0 Å². The molecule has 0 radical (unpaired) electrons. The summed E-state index contributed by atoms with van der Waals surface area (Å²) in [6.07, 6.45) is 0.705. The highest BCUT2D eigenvalue weighted by Gasteiger charge is 2.08. The van der Waals surface area contributed by atoms with Crippen LogP contribution in [0.4, 0.5) is 0 Å². The van der Waals surface area contributed by atoms with Crippen molar-refractivity contribution in [2.45, 2.75) is 18.9 Å². The van der Waals surface area contributed by atoms with Gasteiger partial charge in [-0.1, -0.05) is 36.4 Å². The number of benzene rings is 1. The third kappa shape index (κ3) is 4.33. The van der Waals surface area contributed by atoms with Crippen molar-refractivity contribution < 1.29 is 9.84 Å². The topological polar surface area (TPSA) is 68.4 Å². The lowest BCUT2D eigenvalue weighted by Crippen LogP contribution is -2.09. The van der Waals surface area contributed by atoms with Gasteiger partial charge in [-0.05, 0) is 24.6 Å². The average Bonchev–Trinajstić information content (AvgIpc) is 2.49. The summed E-state index contributed by atoms with van der Waals surface area (Å²) in [6, 6.07) is 15.6. The summed E-state index contributed by atoms with van der Waals surface area (Å²) >= 11 is 0. The Hall–Kier alpha value is -1.91. The molecule has 1 heterocycles. The highest BCUT2D eigenvalue weighted by atomic mass is 16.5. The van der Waals surface area contributed by atoms with Crippen LogP contribution in [0.5, 0.6) is 5.88 Å². The SMILES string of the molecule is NCCC(O)c1cccc(OCCc2ccccc2)n1. The molecule has 1 unspecified atom stereocenters. The van der Waals surface area contributed by atoms with Gasteiger partial charge in [-0.2, -0.15) is 0 Å². The Morgan fingerprint density at radius 1 is 1.10 bits per heavy atom. The van der Waals surface area contributed by atoms with Crippen molar-refractivity contribution in [2.75, 3.05) is 13.2 Å². The molecule has 0 fully saturated rings. The zero-order valence-electron chi connectivity index (χ0n) is 11.4. The first-order valence-corrected chi connectivity index (χ1v) is 6.81. The predicted octanol–water partition coefficient (Wildman–Crippen LogP) is 2.09. The second-order valence-electron chi connectivity index (χ2n) is 4.58. The third-order valence-electron chi connectivity index (χ3n) is 3.01. The van der Waals surface area contributed by atoms with E-state index in [-0.39, 0.29) is 0 Å². The van der Waals surface area contributed by atoms with Crippen molar-refractivity contribution >= 4 is 0 Å². The van der Waals surface area contributed by atoms with Crippen LogP contribution in [0, 0.1) is 0 Å². The number of nitrogens with two attached hydrogens (primary N) is 1. The predicted molar refractivity (Wildman–Crippen MR) is 78.5 cm³/mol. The van der Waals surface area contributed by atoms with Crippen molar-refractivity contribution in [2.24, 2.45) is 5.73 Å². The number of aromatic nitrogens is 1. The fourth-order valence-electron chi connectivity index (χ4n) is 1.92. The summed E-state index contributed by atoms with van der Waals surface area (Å²) in [5, 5.41) is 9.85. The van der Waals surface area contributed by atoms with E-state index in [4.69, 9.17) is 10.5 Å². The number of aliphatic hydroxyl groups is 1. The molecule has 1 aromatic carbocycles. The summed E-state index contributed by atoms with van der Waals surface area (Å²) in [7, 11) is 0. The van der Waals surface area contributed by atoms with Gasteiger partial charge in [0.15, 0.2) is 0 Å². The molecule has 0 amide bonds. The van der Waals surface area contributed by atoms with Crippen LogP contribution in [-0.4, -0.2) is 23.2 Å². The molecule has 3 N–H and O–H groups in total. The van der Waals surface area contributed by atoms with Crippen molar-refractivity contribution in [1.29, 1.82) is 0 Å². The molecule has 0 aliphatic rings. The maximum atomic E-state index is 9.85. The summed E-state index contributed by atoms with van der Waals surface area (Å²) in [5.74, 6) is 0.537. The number of pyridine rings is 1. The number of nitrogens with zero attached hydrogens (tertiary/aromatic N) is 1. The zero-order valence-corrected chi connectivity index (χ0v) is 11.4. The van der Waals surface area contributed by atoms with Crippen LogP contribution in [0.3, 0.4) is 0 Å². The monoisotopic (exact) mass is 272 g/mol. The first kappa shape index (κ1) is 14.5. The Morgan fingerprint density at radius 2 is 1.90 bits per heavy atom. The lowest BCUT2D eigenvalue weighted by atomic mass is 10.1. The van der Waals surface area contributed by atoms with E-state index in [1.54, 1.807) is 12.1 Å². The molecule has 1 aromatic heterocycles. The fourth-order valence-corrected chi connectivity index (χ4v) is 1.92. The first-order chi connectivity index (χ1) is 9.79. The maximum Gasteiger partial charge on any atom is 0.213 e. The Morgan fingerprint density at radius 3 is 2.65 bits per heavy atom. The van der Waals surface area contributed by atoms with Crippen LogP contribution < -0.4 is 10.5 Å². The molecule has 2 rings (SSSR count). The highest BCUT2D eigenvalue weighted by Crippen LogP contribution is 2.17. The molecule has 0 aliphatic carbocycles. The number of ether oxygens (including phenoxy) is 1. The first-order valence-electron chi connectivity index (χ1n) is 6.81. The molecule has 0 saturated heterocycles. The van der Waals surface area contributed by atoms with Gasteiger partial charge in [0.25, 0.3) is 0 Å². The Bertz CT molecular complexity index is 517. The van der Waals surface area contributed by atoms with Crippen molar-refractivity contribution in [3.05, 3.63) is 59.8 Å². The smallest absolute Gasteiger partial charge is 0.213 e. The molecule has 0 saturated carbocycles. The highest BCUT2D eigenvalue weighted by molar-refractivity contribution is 5.18. The van der Waals surface area contributed by atoms with E-state index in [1.807, 2.05) is 24.3 Å². The largest absolute Gasteiger partial charge is 0.477 e. The summed E-state index contributed by atoms with van der Waals surface area (Å²) < 4.78 is 5.63. The summed E-state index contributed by atoms with van der Waals surface area (Å²) in [5.41, 5.74) is 7.26. The van der Waals surface area contributed by atoms with E-state index < -0.39 is 6.10 Å². The minimum absolute atomic E-state index is 0.432. The number of hydrogen-bond donors (Lipinski definition) is 2. The maximum absolute atomic E-state index is 9.85. The fraction of sp³-hybridized carbons (Fsp3) is 0.312. The number of rotatable bonds is 7. The van der Waals surface area contributed by atoms with E-state index in [2.05, 4.69) is 17.1 Å². The molecule has 0 bridgehead atoms. The lowest BCUT2D eigenvalue weighted by molar-refractivity contribution is 0.164. The molecule has 1 atom stereocenters. The van der Waals surface area contributed by atoms with Crippen molar-refractivity contribution in [1.82, 2.24) is 4.98 Å². The van der Waals surface area contributed by atoms with Gasteiger partial charge in [0.1, 0.15) is 0 Å². The van der Waals surface area contributed by atoms with E-state index in [1.165, 1.54) is 5.56 Å². The van der Waals surface area contributed by atoms with E-state index >= 15 is 0 Å². The van der Waals surface area contributed by atoms with Crippen LogP contribution >= 0.6 is 0 Å². The van der Waals surface area contributed by atoms with Crippen LogP contribution in [0.25, 0.3) is 0 Å². The third-order valence-corrected chi connectivity index (χ3v) is 3.01.